The van der Waals surface area contributed by atoms with Gasteiger partial charge in [0.2, 0.25) is 0 Å². The highest BCUT2D eigenvalue weighted by molar-refractivity contribution is 6.39. The summed E-state index contributed by atoms with van der Waals surface area (Å²) in [5.41, 5.74) is 3.56. The largest absolute Gasteiger partial charge is 0.490 e. The molecule has 6 heteroatoms. The van der Waals surface area contributed by atoms with E-state index in [0.717, 1.165) is 16.7 Å². The Morgan fingerprint density at radius 3 is 2.32 bits per heavy atom. The summed E-state index contributed by atoms with van der Waals surface area (Å²) in [5, 5.41) is 5.31. The van der Waals surface area contributed by atoms with Crippen molar-refractivity contribution in [2.24, 2.45) is 0 Å². The van der Waals surface area contributed by atoms with Crippen LogP contribution in [0.3, 0.4) is 0 Å². The van der Waals surface area contributed by atoms with Crippen molar-refractivity contribution in [1.82, 2.24) is 5.32 Å². The summed E-state index contributed by atoms with van der Waals surface area (Å²) >= 11 is 0. The third-order valence-corrected chi connectivity index (χ3v) is 4.15. The lowest BCUT2D eigenvalue weighted by Crippen LogP contribution is -2.36. The predicted octanol–water partition coefficient (Wildman–Crippen LogP) is 3.40. The maximum atomic E-state index is 12.1. The van der Waals surface area contributed by atoms with Crippen molar-refractivity contribution in [3.8, 4) is 11.5 Å². The van der Waals surface area contributed by atoms with Crippen LogP contribution in [-0.4, -0.2) is 31.6 Å². The molecule has 0 bridgehead atoms. The van der Waals surface area contributed by atoms with Gasteiger partial charge in [0.1, 0.15) is 0 Å². The molecule has 2 amide bonds. The molecule has 2 aromatic carbocycles. The zero-order valence-corrected chi connectivity index (χ0v) is 16.9. The van der Waals surface area contributed by atoms with Gasteiger partial charge in [-0.1, -0.05) is 18.2 Å². The van der Waals surface area contributed by atoms with Crippen LogP contribution in [0.4, 0.5) is 5.69 Å². The van der Waals surface area contributed by atoms with Crippen molar-refractivity contribution in [3.63, 3.8) is 0 Å². The Kier molecular flexibility index (Phi) is 7.87. The first kappa shape index (κ1) is 21.3. The fourth-order valence-electron chi connectivity index (χ4n) is 2.70. The normalized spacial score (nSPS) is 10.3. The zero-order chi connectivity index (χ0) is 20.5. The number of benzene rings is 2. The standard InChI is InChI=1S/C22H28N2O4/c1-5-27-19-10-9-17(14-20(19)28-6-2)11-12-23-21(25)22(26)24-18-13-15(3)7-8-16(18)4/h7-10,13-14H,5-6,11-12H2,1-4H3,(H,23,25)(H,24,26). The molecule has 0 aliphatic rings. The minimum Gasteiger partial charge on any atom is -0.490 e. The van der Waals surface area contributed by atoms with Gasteiger partial charge in [-0.15, -0.1) is 0 Å². The topological polar surface area (TPSA) is 76.7 Å². The Morgan fingerprint density at radius 2 is 1.61 bits per heavy atom. The summed E-state index contributed by atoms with van der Waals surface area (Å²) in [6.07, 6.45) is 0.578. The van der Waals surface area contributed by atoms with Crippen LogP contribution in [0.5, 0.6) is 11.5 Å². The maximum Gasteiger partial charge on any atom is 0.313 e. The molecule has 0 heterocycles. The molecule has 0 spiro atoms. The van der Waals surface area contributed by atoms with Gasteiger partial charge in [-0.05, 0) is 69.0 Å². The number of hydrogen-bond acceptors (Lipinski definition) is 4. The van der Waals surface area contributed by atoms with Gasteiger partial charge in [0.25, 0.3) is 0 Å². The van der Waals surface area contributed by atoms with E-state index < -0.39 is 11.8 Å². The first-order valence-electron chi connectivity index (χ1n) is 9.49. The molecule has 2 aromatic rings. The fraction of sp³-hybridized carbons (Fsp3) is 0.364. The second kappa shape index (κ2) is 10.3. The Hall–Kier alpha value is -3.02. The molecule has 0 aromatic heterocycles. The first-order chi connectivity index (χ1) is 13.4. The van der Waals surface area contributed by atoms with E-state index in [1.807, 2.05) is 64.1 Å². The van der Waals surface area contributed by atoms with Crippen molar-refractivity contribution in [2.45, 2.75) is 34.1 Å². The number of hydrogen-bond donors (Lipinski definition) is 2. The van der Waals surface area contributed by atoms with Gasteiger partial charge in [-0.25, -0.2) is 0 Å². The van der Waals surface area contributed by atoms with Crippen LogP contribution in [0.25, 0.3) is 0 Å². The van der Waals surface area contributed by atoms with Crippen LogP contribution < -0.4 is 20.1 Å². The van der Waals surface area contributed by atoms with Gasteiger partial charge < -0.3 is 20.1 Å². The summed E-state index contributed by atoms with van der Waals surface area (Å²) in [6, 6.07) is 11.4. The van der Waals surface area contributed by atoms with Crippen LogP contribution in [0.2, 0.25) is 0 Å². The van der Waals surface area contributed by atoms with E-state index in [0.29, 0.717) is 43.4 Å². The molecular weight excluding hydrogens is 356 g/mol. The second-order valence-corrected chi connectivity index (χ2v) is 6.43. The van der Waals surface area contributed by atoms with Gasteiger partial charge in [0.15, 0.2) is 11.5 Å². The van der Waals surface area contributed by atoms with Gasteiger partial charge >= 0.3 is 11.8 Å². The first-order valence-corrected chi connectivity index (χ1v) is 9.49. The molecule has 28 heavy (non-hydrogen) atoms. The van der Waals surface area contributed by atoms with E-state index in [1.165, 1.54) is 0 Å². The third-order valence-electron chi connectivity index (χ3n) is 4.15. The molecular formula is C22H28N2O4. The average molecular weight is 384 g/mol. The summed E-state index contributed by atoms with van der Waals surface area (Å²) in [4.78, 5) is 24.2. The number of rotatable bonds is 8. The molecule has 0 atom stereocenters. The lowest BCUT2D eigenvalue weighted by Gasteiger charge is -2.13. The molecule has 0 unspecified atom stereocenters. The second-order valence-electron chi connectivity index (χ2n) is 6.43. The highest BCUT2D eigenvalue weighted by Gasteiger charge is 2.14. The van der Waals surface area contributed by atoms with Crippen molar-refractivity contribution in [3.05, 3.63) is 53.1 Å². The fourth-order valence-corrected chi connectivity index (χ4v) is 2.70. The zero-order valence-electron chi connectivity index (χ0n) is 16.9. The van der Waals surface area contributed by atoms with E-state index in [4.69, 9.17) is 9.47 Å². The van der Waals surface area contributed by atoms with Gasteiger partial charge in [-0.2, -0.15) is 0 Å². The molecule has 0 fully saturated rings. The average Bonchev–Trinajstić information content (AvgIpc) is 2.67. The lowest BCUT2D eigenvalue weighted by molar-refractivity contribution is -0.136. The van der Waals surface area contributed by atoms with Crippen LogP contribution in [0.1, 0.15) is 30.5 Å². The lowest BCUT2D eigenvalue weighted by atomic mass is 10.1. The number of aryl methyl sites for hydroxylation is 2. The van der Waals surface area contributed by atoms with Crippen LogP contribution in [0.15, 0.2) is 36.4 Å². The van der Waals surface area contributed by atoms with Gasteiger partial charge in [0, 0.05) is 12.2 Å². The van der Waals surface area contributed by atoms with E-state index in [-0.39, 0.29) is 0 Å². The third kappa shape index (κ3) is 6.01. The Balaban J connectivity index is 1.89. The van der Waals surface area contributed by atoms with Crippen molar-refractivity contribution >= 4 is 17.5 Å². The summed E-state index contributed by atoms with van der Waals surface area (Å²) in [7, 11) is 0. The molecule has 2 rings (SSSR count). The smallest absolute Gasteiger partial charge is 0.313 e. The number of carbonyl (C=O) groups is 2. The van der Waals surface area contributed by atoms with Gasteiger partial charge in [0.05, 0.1) is 13.2 Å². The molecule has 6 nitrogen and oxygen atoms in total. The van der Waals surface area contributed by atoms with Crippen molar-refractivity contribution < 1.29 is 19.1 Å². The molecule has 0 aliphatic heterocycles. The van der Waals surface area contributed by atoms with Crippen LogP contribution >= 0.6 is 0 Å². The molecule has 0 saturated heterocycles. The Labute approximate surface area is 166 Å². The number of anilines is 1. The summed E-state index contributed by atoms with van der Waals surface area (Å²) < 4.78 is 11.2. The van der Waals surface area contributed by atoms with E-state index in [1.54, 1.807) is 0 Å². The number of amides is 2. The Bertz CT molecular complexity index is 833. The van der Waals surface area contributed by atoms with E-state index >= 15 is 0 Å². The maximum absolute atomic E-state index is 12.1. The quantitative estimate of drug-likeness (QED) is 0.684. The minimum atomic E-state index is -0.671. The minimum absolute atomic E-state index is 0.346. The molecule has 0 saturated carbocycles. The highest BCUT2D eigenvalue weighted by atomic mass is 16.5. The number of ether oxygens (including phenoxy) is 2. The van der Waals surface area contributed by atoms with E-state index in [2.05, 4.69) is 10.6 Å². The van der Waals surface area contributed by atoms with Gasteiger partial charge in [-0.3, -0.25) is 9.59 Å². The summed E-state index contributed by atoms with van der Waals surface area (Å²) in [5.74, 6) is 0.0538. The number of carbonyl (C=O) groups excluding carboxylic acids is 2. The predicted molar refractivity (Wildman–Crippen MR) is 110 cm³/mol. The molecule has 150 valence electrons. The van der Waals surface area contributed by atoms with Crippen molar-refractivity contribution in [2.75, 3.05) is 25.1 Å². The summed E-state index contributed by atoms with van der Waals surface area (Å²) in [6.45, 7) is 9.10. The molecule has 2 N–H and O–H groups in total. The molecule has 0 radical (unpaired) electrons. The monoisotopic (exact) mass is 384 g/mol. The van der Waals surface area contributed by atoms with Crippen LogP contribution in [0, 0.1) is 13.8 Å². The molecule has 0 aliphatic carbocycles. The Morgan fingerprint density at radius 1 is 0.893 bits per heavy atom. The van der Waals surface area contributed by atoms with Crippen molar-refractivity contribution in [1.29, 1.82) is 0 Å². The number of nitrogens with one attached hydrogen (secondary N) is 2. The SMILES string of the molecule is CCOc1ccc(CCNC(=O)C(=O)Nc2cc(C)ccc2C)cc1OCC. The van der Waals surface area contributed by atoms with Crippen LogP contribution in [-0.2, 0) is 16.0 Å². The van der Waals surface area contributed by atoms with E-state index in [9.17, 15) is 9.59 Å². The highest BCUT2D eigenvalue weighted by Crippen LogP contribution is 2.28.